The maximum atomic E-state index is 10.8. The van der Waals surface area contributed by atoms with Gasteiger partial charge in [0.2, 0.25) is 0 Å². The molecule has 3 nitrogen and oxygen atoms in total. The Morgan fingerprint density at radius 3 is 2.62 bits per heavy atom. The van der Waals surface area contributed by atoms with Crippen molar-refractivity contribution < 1.29 is 9.84 Å². The van der Waals surface area contributed by atoms with Crippen LogP contribution in [0.1, 0.15) is 28.7 Å². The molecule has 0 aliphatic rings. The van der Waals surface area contributed by atoms with E-state index in [1.165, 1.54) is 0 Å². The zero-order chi connectivity index (χ0) is 15.4. The third-order valence-electron chi connectivity index (χ3n) is 3.79. The zero-order valence-corrected chi connectivity index (χ0v) is 13.8. The lowest BCUT2D eigenvalue weighted by Crippen LogP contribution is -2.21. The fourth-order valence-corrected chi connectivity index (χ4v) is 2.86. The van der Waals surface area contributed by atoms with Gasteiger partial charge in [0.05, 0.1) is 13.2 Å². The molecule has 2 rings (SSSR count). The smallest absolute Gasteiger partial charge is 0.119 e. The second-order valence-electron chi connectivity index (χ2n) is 5.02. The maximum Gasteiger partial charge on any atom is 0.119 e. The second kappa shape index (κ2) is 7.07. The topological polar surface area (TPSA) is 55.5 Å². The van der Waals surface area contributed by atoms with Crippen LogP contribution in [0.25, 0.3) is 0 Å². The molecule has 0 aliphatic carbocycles. The first-order valence-electron chi connectivity index (χ1n) is 6.85. The molecule has 21 heavy (non-hydrogen) atoms. The minimum atomic E-state index is -0.653. The van der Waals surface area contributed by atoms with E-state index >= 15 is 0 Å². The quantitative estimate of drug-likeness (QED) is 0.867. The van der Waals surface area contributed by atoms with E-state index in [2.05, 4.69) is 15.9 Å². The Bertz CT molecular complexity index is 615. The van der Waals surface area contributed by atoms with Gasteiger partial charge >= 0.3 is 0 Å². The SMILES string of the molecule is COc1cccc(C(CN)C(O)c2cccc(Br)c2C)c1. The minimum absolute atomic E-state index is 0.173. The molecule has 0 bridgehead atoms. The highest BCUT2D eigenvalue weighted by molar-refractivity contribution is 9.10. The third kappa shape index (κ3) is 3.46. The predicted molar refractivity (Wildman–Crippen MR) is 88.6 cm³/mol. The Morgan fingerprint density at radius 2 is 1.95 bits per heavy atom. The van der Waals surface area contributed by atoms with Crippen LogP contribution in [0.15, 0.2) is 46.9 Å². The summed E-state index contributed by atoms with van der Waals surface area (Å²) in [4.78, 5) is 0. The van der Waals surface area contributed by atoms with Crippen molar-refractivity contribution in [1.29, 1.82) is 0 Å². The second-order valence-corrected chi connectivity index (χ2v) is 5.87. The molecule has 0 fully saturated rings. The summed E-state index contributed by atoms with van der Waals surface area (Å²) in [6.07, 6.45) is -0.653. The summed E-state index contributed by atoms with van der Waals surface area (Å²) in [5.41, 5.74) is 8.81. The number of hydrogen-bond donors (Lipinski definition) is 2. The van der Waals surface area contributed by atoms with E-state index in [1.807, 2.05) is 49.4 Å². The monoisotopic (exact) mass is 349 g/mol. The Morgan fingerprint density at radius 1 is 1.24 bits per heavy atom. The molecule has 0 amide bonds. The molecule has 2 atom stereocenters. The summed E-state index contributed by atoms with van der Waals surface area (Å²) in [7, 11) is 1.63. The van der Waals surface area contributed by atoms with Crippen LogP contribution in [0.2, 0.25) is 0 Å². The molecule has 112 valence electrons. The fourth-order valence-electron chi connectivity index (χ4n) is 2.48. The highest BCUT2D eigenvalue weighted by Crippen LogP contribution is 2.35. The van der Waals surface area contributed by atoms with Crippen molar-refractivity contribution in [3.05, 3.63) is 63.6 Å². The summed E-state index contributed by atoms with van der Waals surface area (Å²) in [6.45, 7) is 2.35. The van der Waals surface area contributed by atoms with Gasteiger partial charge in [-0.15, -0.1) is 0 Å². The lowest BCUT2D eigenvalue weighted by molar-refractivity contribution is 0.146. The molecule has 0 radical (unpaired) electrons. The summed E-state index contributed by atoms with van der Waals surface area (Å²) in [6, 6.07) is 13.5. The van der Waals surface area contributed by atoms with E-state index in [-0.39, 0.29) is 5.92 Å². The largest absolute Gasteiger partial charge is 0.497 e. The van der Waals surface area contributed by atoms with Gasteiger partial charge in [-0.3, -0.25) is 0 Å². The molecule has 3 N–H and O–H groups in total. The van der Waals surface area contributed by atoms with Gasteiger partial charge in [-0.2, -0.15) is 0 Å². The normalized spacial score (nSPS) is 13.8. The average molecular weight is 350 g/mol. The molecule has 0 spiro atoms. The number of methoxy groups -OCH3 is 1. The Kier molecular flexibility index (Phi) is 5.39. The molecule has 0 saturated heterocycles. The average Bonchev–Trinajstić information content (AvgIpc) is 2.51. The molecular formula is C17H20BrNO2. The number of aliphatic hydroxyl groups excluding tert-OH is 1. The Labute approximate surface area is 133 Å². The van der Waals surface area contributed by atoms with Crippen LogP contribution >= 0.6 is 15.9 Å². The van der Waals surface area contributed by atoms with Crippen LogP contribution in [0.4, 0.5) is 0 Å². The molecule has 4 heteroatoms. The third-order valence-corrected chi connectivity index (χ3v) is 4.64. The van der Waals surface area contributed by atoms with Gasteiger partial charge in [-0.1, -0.05) is 40.2 Å². The van der Waals surface area contributed by atoms with E-state index in [1.54, 1.807) is 7.11 Å². The first-order chi connectivity index (χ1) is 10.1. The van der Waals surface area contributed by atoms with Gasteiger partial charge in [0.15, 0.2) is 0 Å². The van der Waals surface area contributed by atoms with Crippen molar-refractivity contribution in [2.75, 3.05) is 13.7 Å². The molecule has 2 unspecified atom stereocenters. The van der Waals surface area contributed by atoms with Gasteiger partial charge < -0.3 is 15.6 Å². The van der Waals surface area contributed by atoms with Crippen LogP contribution in [-0.4, -0.2) is 18.8 Å². The molecule has 0 heterocycles. The Balaban J connectivity index is 2.38. The summed E-state index contributed by atoms with van der Waals surface area (Å²) < 4.78 is 6.23. The number of aliphatic hydroxyl groups is 1. The molecule has 0 saturated carbocycles. The van der Waals surface area contributed by atoms with Crippen LogP contribution in [-0.2, 0) is 0 Å². The number of benzene rings is 2. The van der Waals surface area contributed by atoms with E-state index in [0.717, 1.165) is 26.9 Å². The Hall–Kier alpha value is -1.36. The van der Waals surface area contributed by atoms with Gasteiger partial charge in [0.25, 0.3) is 0 Å². The van der Waals surface area contributed by atoms with E-state index in [4.69, 9.17) is 10.5 Å². The van der Waals surface area contributed by atoms with Crippen molar-refractivity contribution in [3.63, 3.8) is 0 Å². The van der Waals surface area contributed by atoms with E-state index < -0.39 is 6.10 Å². The molecule has 2 aromatic rings. The van der Waals surface area contributed by atoms with Crippen molar-refractivity contribution in [2.24, 2.45) is 5.73 Å². The molecular weight excluding hydrogens is 330 g/mol. The number of rotatable bonds is 5. The summed E-state index contributed by atoms with van der Waals surface area (Å²) in [5, 5.41) is 10.8. The first-order valence-corrected chi connectivity index (χ1v) is 7.65. The van der Waals surface area contributed by atoms with Gasteiger partial charge in [0.1, 0.15) is 5.75 Å². The van der Waals surface area contributed by atoms with Crippen molar-refractivity contribution in [2.45, 2.75) is 18.9 Å². The lowest BCUT2D eigenvalue weighted by Gasteiger charge is -2.24. The number of hydrogen-bond acceptors (Lipinski definition) is 3. The predicted octanol–water partition coefficient (Wildman–Crippen LogP) is 3.54. The van der Waals surface area contributed by atoms with Crippen molar-refractivity contribution in [3.8, 4) is 5.75 Å². The van der Waals surface area contributed by atoms with Crippen molar-refractivity contribution in [1.82, 2.24) is 0 Å². The lowest BCUT2D eigenvalue weighted by atomic mass is 9.87. The first kappa shape index (κ1) is 16.0. The summed E-state index contributed by atoms with van der Waals surface area (Å²) in [5.74, 6) is 0.595. The van der Waals surface area contributed by atoms with Crippen LogP contribution in [0.5, 0.6) is 5.75 Å². The zero-order valence-electron chi connectivity index (χ0n) is 12.2. The van der Waals surface area contributed by atoms with Gasteiger partial charge in [0, 0.05) is 16.9 Å². The van der Waals surface area contributed by atoms with Gasteiger partial charge in [-0.25, -0.2) is 0 Å². The van der Waals surface area contributed by atoms with Crippen LogP contribution in [0, 0.1) is 6.92 Å². The number of halogens is 1. The van der Waals surface area contributed by atoms with Crippen LogP contribution < -0.4 is 10.5 Å². The van der Waals surface area contributed by atoms with E-state index in [9.17, 15) is 5.11 Å². The standard InChI is InChI=1S/C17H20BrNO2/c1-11-14(7-4-8-16(11)18)17(20)15(10-19)12-5-3-6-13(9-12)21-2/h3-9,15,17,20H,10,19H2,1-2H3. The molecule has 0 aromatic heterocycles. The molecule has 2 aromatic carbocycles. The van der Waals surface area contributed by atoms with Crippen molar-refractivity contribution >= 4 is 15.9 Å². The number of ether oxygens (including phenoxy) is 1. The fraction of sp³-hybridized carbons (Fsp3) is 0.294. The highest BCUT2D eigenvalue weighted by atomic mass is 79.9. The van der Waals surface area contributed by atoms with Crippen LogP contribution in [0.3, 0.4) is 0 Å². The minimum Gasteiger partial charge on any atom is -0.497 e. The summed E-state index contributed by atoms with van der Waals surface area (Å²) >= 11 is 3.50. The maximum absolute atomic E-state index is 10.8. The molecule has 0 aliphatic heterocycles. The number of nitrogens with two attached hydrogens (primary N) is 1. The van der Waals surface area contributed by atoms with E-state index in [0.29, 0.717) is 6.54 Å². The van der Waals surface area contributed by atoms with Gasteiger partial charge in [-0.05, 0) is 41.8 Å². The highest BCUT2D eigenvalue weighted by Gasteiger charge is 2.23.